The number of likely N-dealkylation sites (tertiary alicyclic amines) is 1. The third-order valence-corrected chi connectivity index (χ3v) is 4.89. The van der Waals surface area contributed by atoms with Crippen LogP contribution < -0.4 is 0 Å². The Balaban J connectivity index is 1.49. The molecule has 3 aromatic rings. The molecular weight excluding hydrogens is 312 g/mol. The minimum atomic E-state index is 0.0796. The molecule has 4 rings (SSSR count). The number of amides is 1. The number of nitrogens with zero attached hydrogens (tertiary/aromatic N) is 4. The number of aromatic nitrogens is 3. The molecule has 1 saturated heterocycles. The maximum Gasteiger partial charge on any atom is 0.254 e. The largest absolute Gasteiger partial charge is 0.348 e. The highest BCUT2D eigenvalue weighted by Crippen LogP contribution is 2.29. The van der Waals surface area contributed by atoms with Crippen LogP contribution in [-0.2, 0) is 7.05 Å². The van der Waals surface area contributed by atoms with Gasteiger partial charge < -0.3 is 14.0 Å². The predicted molar refractivity (Wildman–Crippen MR) is 86.3 cm³/mol. The Morgan fingerprint density at radius 1 is 1.43 bits per heavy atom. The molecule has 0 N–H and O–H groups in total. The number of thiophene rings is 1. The molecule has 0 aliphatic carbocycles. The molecule has 0 spiro atoms. The van der Waals surface area contributed by atoms with Crippen LogP contribution in [0, 0.1) is 0 Å². The minimum Gasteiger partial charge on any atom is -0.348 e. The van der Waals surface area contributed by atoms with Gasteiger partial charge in [0.05, 0.1) is 17.2 Å². The SMILES string of the molecule is Cn1cccc1-c1noc(C2CCN(C(=O)c3ccsc3)C2)n1. The van der Waals surface area contributed by atoms with E-state index in [9.17, 15) is 4.79 Å². The molecule has 1 atom stereocenters. The minimum absolute atomic E-state index is 0.0796. The summed E-state index contributed by atoms with van der Waals surface area (Å²) in [6.07, 6.45) is 2.80. The molecule has 1 unspecified atom stereocenters. The van der Waals surface area contributed by atoms with Crippen LogP contribution in [0.2, 0.25) is 0 Å². The summed E-state index contributed by atoms with van der Waals surface area (Å²) in [5.41, 5.74) is 1.68. The van der Waals surface area contributed by atoms with Gasteiger partial charge in [-0.15, -0.1) is 0 Å². The molecule has 23 heavy (non-hydrogen) atoms. The van der Waals surface area contributed by atoms with Crippen LogP contribution in [0.3, 0.4) is 0 Å². The normalized spacial score (nSPS) is 17.8. The van der Waals surface area contributed by atoms with Crippen molar-refractivity contribution in [1.29, 1.82) is 0 Å². The standard InChI is InChI=1S/C16H16N4O2S/c1-19-6-2-3-13(19)14-17-15(22-18-14)11-4-7-20(9-11)16(21)12-5-8-23-10-12/h2-3,5-6,8,10-11H,4,7,9H2,1H3. The number of carbonyl (C=O) groups is 1. The van der Waals surface area contributed by atoms with Gasteiger partial charge in [0.25, 0.3) is 5.91 Å². The van der Waals surface area contributed by atoms with Gasteiger partial charge in [-0.1, -0.05) is 5.16 Å². The van der Waals surface area contributed by atoms with Crippen LogP contribution in [0.1, 0.15) is 28.6 Å². The monoisotopic (exact) mass is 328 g/mol. The molecular formula is C16H16N4O2S. The van der Waals surface area contributed by atoms with E-state index in [2.05, 4.69) is 10.1 Å². The summed E-state index contributed by atoms with van der Waals surface area (Å²) in [6.45, 7) is 1.35. The quantitative estimate of drug-likeness (QED) is 0.741. The van der Waals surface area contributed by atoms with E-state index < -0.39 is 0 Å². The van der Waals surface area contributed by atoms with Crippen molar-refractivity contribution in [1.82, 2.24) is 19.6 Å². The van der Waals surface area contributed by atoms with Gasteiger partial charge in [0.15, 0.2) is 0 Å². The van der Waals surface area contributed by atoms with Crippen molar-refractivity contribution in [2.45, 2.75) is 12.3 Å². The molecule has 1 aliphatic rings. The summed E-state index contributed by atoms with van der Waals surface area (Å²) in [5.74, 6) is 1.40. The van der Waals surface area contributed by atoms with E-state index >= 15 is 0 Å². The molecule has 118 valence electrons. The maximum atomic E-state index is 12.4. The first kappa shape index (κ1) is 14.2. The second kappa shape index (κ2) is 5.66. The van der Waals surface area contributed by atoms with Crippen molar-refractivity contribution in [3.8, 4) is 11.5 Å². The Kier molecular flexibility index (Phi) is 3.49. The first-order valence-electron chi connectivity index (χ1n) is 7.49. The van der Waals surface area contributed by atoms with Crippen LogP contribution >= 0.6 is 11.3 Å². The molecule has 0 aromatic carbocycles. The third-order valence-electron chi connectivity index (χ3n) is 4.21. The lowest BCUT2D eigenvalue weighted by Crippen LogP contribution is -2.28. The topological polar surface area (TPSA) is 64.2 Å². The summed E-state index contributed by atoms with van der Waals surface area (Å²) in [6, 6.07) is 5.76. The zero-order chi connectivity index (χ0) is 15.8. The lowest BCUT2D eigenvalue weighted by molar-refractivity contribution is 0.0790. The third kappa shape index (κ3) is 2.57. The van der Waals surface area contributed by atoms with Gasteiger partial charge in [-0.2, -0.15) is 16.3 Å². The number of rotatable bonds is 3. The van der Waals surface area contributed by atoms with Crippen molar-refractivity contribution < 1.29 is 9.32 Å². The van der Waals surface area contributed by atoms with E-state index in [4.69, 9.17) is 4.52 Å². The van der Waals surface area contributed by atoms with Crippen molar-refractivity contribution >= 4 is 17.2 Å². The Labute approximate surface area is 137 Å². The smallest absolute Gasteiger partial charge is 0.254 e. The molecule has 0 radical (unpaired) electrons. The molecule has 4 heterocycles. The van der Waals surface area contributed by atoms with Crippen LogP contribution in [0.5, 0.6) is 0 Å². The predicted octanol–water partition coefficient (Wildman–Crippen LogP) is 2.77. The molecule has 1 amide bonds. The van der Waals surface area contributed by atoms with Crippen molar-refractivity contribution in [3.05, 3.63) is 46.6 Å². The fourth-order valence-electron chi connectivity index (χ4n) is 2.91. The van der Waals surface area contributed by atoms with E-state index in [1.54, 1.807) is 0 Å². The molecule has 3 aromatic heterocycles. The highest BCUT2D eigenvalue weighted by Gasteiger charge is 2.31. The Morgan fingerprint density at radius 2 is 2.35 bits per heavy atom. The number of hydrogen-bond acceptors (Lipinski definition) is 5. The molecule has 6 nitrogen and oxygen atoms in total. The first-order valence-corrected chi connectivity index (χ1v) is 8.43. The fourth-order valence-corrected chi connectivity index (χ4v) is 3.54. The molecule has 7 heteroatoms. The van der Waals surface area contributed by atoms with Gasteiger partial charge in [-0.05, 0) is 30.0 Å². The molecule has 0 bridgehead atoms. The van der Waals surface area contributed by atoms with E-state index in [1.165, 1.54) is 11.3 Å². The number of carbonyl (C=O) groups excluding carboxylic acids is 1. The summed E-state index contributed by atoms with van der Waals surface area (Å²) in [5, 5.41) is 7.88. The van der Waals surface area contributed by atoms with Crippen LogP contribution in [0.25, 0.3) is 11.5 Å². The zero-order valence-corrected chi connectivity index (χ0v) is 13.5. The van der Waals surface area contributed by atoms with Crippen LogP contribution in [0.4, 0.5) is 0 Å². The molecule has 1 fully saturated rings. The second-order valence-corrected chi connectivity index (χ2v) is 6.49. The zero-order valence-electron chi connectivity index (χ0n) is 12.7. The van der Waals surface area contributed by atoms with E-state index in [0.29, 0.717) is 18.3 Å². The molecule has 0 saturated carbocycles. The van der Waals surface area contributed by atoms with Gasteiger partial charge in [-0.25, -0.2) is 0 Å². The van der Waals surface area contributed by atoms with Gasteiger partial charge in [0.1, 0.15) is 0 Å². The van der Waals surface area contributed by atoms with E-state index in [-0.39, 0.29) is 11.8 Å². The number of aryl methyl sites for hydroxylation is 1. The average molecular weight is 328 g/mol. The first-order chi connectivity index (χ1) is 11.2. The van der Waals surface area contributed by atoms with Crippen molar-refractivity contribution in [2.75, 3.05) is 13.1 Å². The maximum absolute atomic E-state index is 12.4. The lowest BCUT2D eigenvalue weighted by atomic mass is 10.1. The van der Waals surface area contributed by atoms with Crippen molar-refractivity contribution in [3.63, 3.8) is 0 Å². The van der Waals surface area contributed by atoms with Crippen LogP contribution in [-0.4, -0.2) is 38.6 Å². The average Bonchev–Trinajstić information content (AvgIpc) is 3.32. The summed E-state index contributed by atoms with van der Waals surface area (Å²) in [7, 11) is 1.95. The summed E-state index contributed by atoms with van der Waals surface area (Å²) < 4.78 is 7.39. The van der Waals surface area contributed by atoms with Gasteiger partial charge in [0.2, 0.25) is 11.7 Å². The Morgan fingerprint density at radius 3 is 3.09 bits per heavy atom. The van der Waals surface area contributed by atoms with Gasteiger partial charge in [-0.3, -0.25) is 4.79 Å². The van der Waals surface area contributed by atoms with Gasteiger partial charge in [0, 0.05) is 31.7 Å². The highest BCUT2D eigenvalue weighted by atomic mass is 32.1. The lowest BCUT2D eigenvalue weighted by Gasteiger charge is -2.14. The Bertz CT molecular complexity index is 821. The summed E-state index contributed by atoms with van der Waals surface area (Å²) in [4.78, 5) is 18.8. The molecule has 1 aliphatic heterocycles. The van der Waals surface area contributed by atoms with E-state index in [1.807, 2.05) is 51.7 Å². The fraction of sp³-hybridized carbons (Fsp3) is 0.312. The Hall–Kier alpha value is -2.41. The number of hydrogen-bond donors (Lipinski definition) is 0. The second-order valence-electron chi connectivity index (χ2n) is 5.71. The van der Waals surface area contributed by atoms with Crippen LogP contribution in [0.15, 0.2) is 39.7 Å². The highest BCUT2D eigenvalue weighted by molar-refractivity contribution is 7.08. The summed E-state index contributed by atoms with van der Waals surface area (Å²) >= 11 is 1.54. The van der Waals surface area contributed by atoms with Gasteiger partial charge >= 0.3 is 0 Å². The van der Waals surface area contributed by atoms with Crippen molar-refractivity contribution in [2.24, 2.45) is 7.05 Å². The van der Waals surface area contributed by atoms with E-state index in [0.717, 1.165) is 24.2 Å².